The second-order valence-corrected chi connectivity index (χ2v) is 13.9. The van der Waals surface area contributed by atoms with Gasteiger partial charge in [0.15, 0.2) is 23.1 Å². The lowest BCUT2D eigenvalue weighted by Gasteiger charge is -2.34. The Morgan fingerprint density at radius 2 is 1.83 bits per heavy atom. The van der Waals surface area contributed by atoms with Crippen LogP contribution in [0, 0.1) is 28.6 Å². The van der Waals surface area contributed by atoms with Gasteiger partial charge < -0.3 is 15.3 Å². The molecule has 0 bridgehead atoms. The molecule has 2 atom stereocenters. The van der Waals surface area contributed by atoms with Gasteiger partial charge in [-0.25, -0.2) is 14.8 Å². The minimum atomic E-state index is -1.33. The number of hydrogen-bond donors (Lipinski definition) is 4. The summed E-state index contributed by atoms with van der Waals surface area (Å²) in [5.74, 6) is 2.46. The number of nitrogens with zero attached hydrogens (tertiary/aromatic N) is 5. The van der Waals surface area contributed by atoms with Crippen LogP contribution in [0.25, 0.3) is 16.9 Å². The summed E-state index contributed by atoms with van der Waals surface area (Å²) in [7, 11) is 0. The van der Waals surface area contributed by atoms with E-state index < -0.39 is 6.09 Å². The number of anilines is 2. The van der Waals surface area contributed by atoms with Gasteiger partial charge in [-0.1, -0.05) is 59.6 Å². The second-order valence-electron chi connectivity index (χ2n) is 13.9. The van der Waals surface area contributed by atoms with Crippen LogP contribution in [0.1, 0.15) is 97.7 Å². The molecule has 3 heterocycles. The average molecular weight is 577 g/mol. The smallest absolute Gasteiger partial charge is 0.410 e. The average Bonchev–Trinajstić information content (AvgIpc) is 3.49. The Kier molecular flexibility index (Phi) is 8.62. The molecule has 1 unspecified atom stereocenters. The summed E-state index contributed by atoms with van der Waals surface area (Å²) >= 11 is 0. The number of hydrogen-bond acceptors (Lipinski definition) is 7. The van der Waals surface area contributed by atoms with Crippen molar-refractivity contribution in [1.29, 1.82) is 5.41 Å². The van der Waals surface area contributed by atoms with Crippen molar-refractivity contribution in [2.24, 2.45) is 23.2 Å². The van der Waals surface area contributed by atoms with Crippen LogP contribution in [0.3, 0.4) is 0 Å². The molecule has 0 spiro atoms. The van der Waals surface area contributed by atoms with Crippen LogP contribution in [0.5, 0.6) is 0 Å². The zero-order chi connectivity index (χ0) is 30.2. The lowest BCUT2D eigenvalue weighted by atomic mass is 9.80. The summed E-state index contributed by atoms with van der Waals surface area (Å²) in [4.78, 5) is 28.4. The van der Waals surface area contributed by atoms with E-state index in [0.29, 0.717) is 29.3 Å². The molecule has 0 radical (unpaired) electrons. The highest BCUT2D eigenvalue weighted by Crippen LogP contribution is 2.42. The number of carbonyl (C=O) groups is 1. The number of carboxylic acid groups (broad SMARTS) is 1. The van der Waals surface area contributed by atoms with E-state index in [2.05, 4.69) is 65.9 Å². The quantitative estimate of drug-likeness (QED) is 0.145. The fourth-order valence-corrected chi connectivity index (χ4v) is 6.93. The lowest BCUT2D eigenvalue weighted by Crippen LogP contribution is -2.35. The van der Waals surface area contributed by atoms with Crippen LogP contribution in [0.2, 0.25) is 0 Å². The molecule has 0 aromatic carbocycles. The maximum absolute atomic E-state index is 11.4. The molecule has 10 heteroatoms. The van der Waals surface area contributed by atoms with E-state index in [4.69, 9.17) is 15.4 Å². The van der Waals surface area contributed by atoms with Crippen LogP contribution < -0.4 is 15.5 Å². The van der Waals surface area contributed by atoms with Crippen LogP contribution in [-0.4, -0.2) is 55.2 Å². The topological polar surface area (TPSA) is 132 Å². The van der Waals surface area contributed by atoms with Crippen LogP contribution in [-0.2, 0) is 0 Å². The van der Waals surface area contributed by atoms with E-state index >= 15 is 0 Å². The summed E-state index contributed by atoms with van der Waals surface area (Å²) in [6.07, 6.45) is 11.8. The SMILES string of the molecule is C=C[C@@H](Nc1nc(C(=N)NC(=O)O)nc2nc(N3CCCC3CC(C)(C)C)n(C(=C)C3CCC(C)CC3)c12)C1CCC1. The third-order valence-corrected chi connectivity index (χ3v) is 9.42. The van der Waals surface area contributed by atoms with Crippen LogP contribution in [0.15, 0.2) is 19.2 Å². The first-order valence-electron chi connectivity index (χ1n) is 15.7. The number of amides is 1. The Hall–Kier alpha value is -3.43. The Balaban J connectivity index is 1.68. The number of amidine groups is 1. The number of fused-ring (bicyclic) bond motifs is 1. The molecule has 2 saturated carbocycles. The fourth-order valence-electron chi connectivity index (χ4n) is 6.93. The molecule has 5 rings (SSSR count). The molecule has 1 saturated heterocycles. The van der Waals surface area contributed by atoms with Gasteiger partial charge in [-0.3, -0.25) is 15.3 Å². The standard InChI is InChI=1S/C32H48N8O2/c1-7-24(22-10-8-11-22)34-27-25-28(37-29(36-27)26(33)35-31(41)42)38-30(39-17-9-12-23(39)18-32(4,5)6)40(25)20(3)21-15-13-19(2)14-16-21/h7,19,21-24H,1,3,8-18H2,2,4-6H3,(H2,33,35)(H,41,42)(H,34,36,37)/t19?,21?,23?,24-/m1/s1. The Morgan fingerprint density at radius 3 is 2.43 bits per heavy atom. The van der Waals surface area contributed by atoms with Crippen molar-refractivity contribution in [3.05, 3.63) is 25.1 Å². The van der Waals surface area contributed by atoms with E-state index in [1.165, 1.54) is 19.3 Å². The van der Waals surface area contributed by atoms with E-state index in [9.17, 15) is 9.90 Å². The van der Waals surface area contributed by atoms with Crippen molar-refractivity contribution in [3.63, 3.8) is 0 Å². The first-order chi connectivity index (χ1) is 19.9. The van der Waals surface area contributed by atoms with Crippen molar-refractivity contribution >= 4 is 40.6 Å². The maximum Gasteiger partial charge on any atom is 0.410 e. The molecule has 10 nitrogen and oxygen atoms in total. The Bertz CT molecular complexity index is 1350. The molecule has 2 aliphatic carbocycles. The first kappa shape index (κ1) is 30.0. The number of rotatable bonds is 9. The summed E-state index contributed by atoms with van der Waals surface area (Å²) in [6.45, 7) is 18.9. The summed E-state index contributed by atoms with van der Waals surface area (Å²) < 4.78 is 2.19. The highest BCUT2D eigenvalue weighted by atomic mass is 16.4. The van der Waals surface area contributed by atoms with E-state index in [1.807, 2.05) is 6.08 Å². The predicted molar refractivity (Wildman–Crippen MR) is 169 cm³/mol. The summed E-state index contributed by atoms with van der Waals surface area (Å²) in [5, 5.41) is 23.4. The third-order valence-electron chi connectivity index (χ3n) is 9.42. The zero-order valence-electron chi connectivity index (χ0n) is 25.7. The highest BCUT2D eigenvalue weighted by molar-refractivity contribution is 6.03. The molecule has 228 valence electrons. The van der Waals surface area contributed by atoms with Crippen molar-refractivity contribution in [2.75, 3.05) is 16.8 Å². The zero-order valence-corrected chi connectivity index (χ0v) is 25.7. The summed E-state index contributed by atoms with van der Waals surface area (Å²) in [6, 6.07) is 0.328. The molecule has 1 amide bonds. The number of imidazole rings is 1. The molecule has 2 aromatic heterocycles. The largest absolute Gasteiger partial charge is 0.465 e. The van der Waals surface area contributed by atoms with Gasteiger partial charge in [0.25, 0.3) is 0 Å². The van der Waals surface area contributed by atoms with Crippen molar-refractivity contribution in [2.45, 2.75) is 104 Å². The predicted octanol–water partition coefficient (Wildman–Crippen LogP) is 6.89. The molecule has 2 aromatic rings. The monoisotopic (exact) mass is 576 g/mol. The van der Waals surface area contributed by atoms with Gasteiger partial charge in [0.05, 0.1) is 0 Å². The van der Waals surface area contributed by atoms with Crippen LogP contribution in [0.4, 0.5) is 16.6 Å². The number of nitrogens with one attached hydrogen (secondary N) is 3. The van der Waals surface area contributed by atoms with Crippen molar-refractivity contribution in [1.82, 2.24) is 24.8 Å². The van der Waals surface area contributed by atoms with Gasteiger partial charge in [0.2, 0.25) is 5.95 Å². The maximum atomic E-state index is 11.4. The first-order valence-corrected chi connectivity index (χ1v) is 15.7. The molecule has 4 N–H and O–H groups in total. The molecule has 3 fully saturated rings. The summed E-state index contributed by atoms with van der Waals surface area (Å²) in [5.41, 5.74) is 2.36. The van der Waals surface area contributed by atoms with Crippen molar-refractivity contribution < 1.29 is 9.90 Å². The molecular formula is C32H48N8O2. The van der Waals surface area contributed by atoms with E-state index in [0.717, 1.165) is 74.6 Å². The minimum absolute atomic E-state index is 0.00946. The highest BCUT2D eigenvalue weighted by Gasteiger charge is 2.36. The van der Waals surface area contributed by atoms with Gasteiger partial charge in [-0.15, -0.1) is 6.58 Å². The Morgan fingerprint density at radius 1 is 1.12 bits per heavy atom. The number of allylic oxidation sites excluding steroid dienone is 1. The molecule has 3 aliphatic rings. The molecule has 1 aliphatic heterocycles. The van der Waals surface area contributed by atoms with Gasteiger partial charge in [0, 0.05) is 24.3 Å². The molecular weight excluding hydrogens is 528 g/mol. The second kappa shape index (κ2) is 12.1. The van der Waals surface area contributed by atoms with Crippen LogP contribution >= 0.6 is 0 Å². The van der Waals surface area contributed by atoms with E-state index in [1.54, 1.807) is 0 Å². The van der Waals surface area contributed by atoms with Crippen molar-refractivity contribution in [3.8, 4) is 0 Å². The van der Waals surface area contributed by atoms with E-state index in [-0.39, 0.29) is 23.1 Å². The minimum Gasteiger partial charge on any atom is -0.465 e. The van der Waals surface area contributed by atoms with Gasteiger partial charge >= 0.3 is 6.09 Å². The van der Waals surface area contributed by atoms with Gasteiger partial charge in [-0.2, -0.15) is 4.98 Å². The number of aromatic nitrogens is 4. The van der Waals surface area contributed by atoms with Gasteiger partial charge in [0.1, 0.15) is 5.52 Å². The molecule has 42 heavy (non-hydrogen) atoms. The lowest BCUT2D eigenvalue weighted by molar-refractivity contribution is 0.200. The Labute approximate surface area is 249 Å². The van der Waals surface area contributed by atoms with Gasteiger partial charge in [-0.05, 0) is 68.1 Å². The third kappa shape index (κ3) is 6.32. The fraction of sp³-hybridized carbons (Fsp3) is 0.656. The normalized spacial score (nSPS) is 23.8.